The maximum atomic E-state index is 13.7. The average Bonchev–Trinajstić information content (AvgIpc) is 2.41. The fourth-order valence-corrected chi connectivity index (χ4v) is 6.17. The summed E-state index contributed by atoms with van der Waals surface area (Å²) in [6.45, 7) is 1.49. The molecular formula is C13H9ClF2O4S2. The predicted molar refractivity (Wildman–Crippen MR) is 76.9 cm³/mol. The molecule has 0 amide bonds. The van der Waals surface area contributed by atoms with Gasteiger partial charge in [-0.15, -0.1) is 0 Å². The van der Waals surface area contributed by atoms with Gasteiger partial charge in [-0.3, -0.25) is 0 Å². The number of benzene rings is 2. The Balaban J connectivity index is 2.74. The lowest BCUT2D eigenvalue weighted by Crippen LogP contribution is -2.18. The fraction of sp³-hybridized carbons (Fsp3) is 0.0769. The van der Waals surface area contributed by atoms with Crippen molar-refractivity contribution in [1.82, 2.24) is 0 Å². The molecule has 2 rings (SSSR count). The van der Waals surface area contributed by atoms with Crippen LogP contribution in [0.15, 0.2) is 46.2 Å². The van der Waals surface area contributed by atoms with Gasteiger partial charge < -0.3 is 0 Å². The molecule has 0 heterocycles. The van der Waals surface area contributed by atoms with Crippen LogP contribution < -0.4 is 0 Å². The summed E-state index contributed by atoms with van der Waals surface area (Å²) in [5, 5.41) is -0.270. The van der Waals surface area contributed by atoms with E-state index < -0.39 is 39.2 Å². The summed E-state index contributed by atoms with van der Waals surface area (Å²) in [6, 6.07) is 5.31. The Morgan fingerprint density at radius 1 is 0.909 bits per heavy atom. The van der Waals surface area contributed by atoms with Crippen LogP contribution in [0.25, 0.3) is 0 Å². The van der Waals surface area contributed by atoms with Gasteiger partial charge in [0.1, 0.15) is 21.4 Å². The fourth-order valence-electron chi connectivity index (χ4n) is 1.73. The van der Waals surface area contributed by atoms with Gasteiger partial charge >= 0.3 is 0 Å². The molecule has 0 saturated carbocycles. The van der Waals surface area contributed by atoms with Crippen LogP contribution >= 0.6 is 11.6 Å². The topological polar surface area (TPSA) is 68.3 Å². The van der Waals surface area contributed by atoms with Crippen molar-refractivity contribution in [2.45, 2.75) is 16.7 Å². The maximum absolute atomic E-state index is 13.7. The normalized spacial score (nSPS) is 12.4. The van der Waals surface area contributed by atoms with E-state index in [-0.39, 0.29) is 5.02 Å². The van der Waals surface area contributed by atoms with Crippen molar-refractivity contribution < 1.29 is 25.6 Å². The maximum Gasteiger partial charge on any atom is 0.289 e. The molecule has 0 unspecified atom stereocenters. The molecule has 0 spiro atoms. The van der Waals surface area contributed by atoms with E-state index in [2.05, 4.69) is 0 Å². The highest BCUT2D eigenvalue weighted by molar-refractivity contribution is 8.67. The van der Waals surface area contributed by atoms with E-state index in [1.807, 2.05) is 0 Å². The molecule has 0 saturated heterocycles. The molecule has 0 fully saturated rings. The molecule has 0 atom stereocenters. The highest BCUT2D eigenvalue weighted by atomic mass is 35.5. The number of aryl methyl sites for hydroxylation is 1. The van der Waals surface area contributed by atoms with Crippen molar-refractivity contribution in [2.24, 2.45) is 0 Å². The van der Waals surface area contributed by atoms with Crippen molar-refractivity contribution in [3.63, 3.8) is 0 Å². The van der Waals surface area contributed by atoms with E-state index in [0.29, 0.717) is 23.8 Å². The highest BCUT2D eigenvalue weighted by Gasteiger charge is 2.37. The molecule has 0 radical (unpaired) electrons. The highest BCUT2D eigenvalue weighted by Crippen LogP contribution is 2.32. The molecule has 0 N–H and O–H groups in total. The predicted octanol–water partition coefficient (Wildman–Crippen LogP) is 3.09. The molecular weight excluding hydrogens is 358 g/mol. The van der Waals surface area contributed by atoms with Crippen molar-refractivity contribution in [3.8, 4) is 0 Å². The van der Waals surface area contributed by atoms with Crippen LogP contribution in [0.5, 0.6) is 0 Å². The quantitative estimate of drug-likeness (QED) is 0.783. The second-order valence-corrected chi connectivity index (χ2v) is 10.1. The van der Waals surface area contributed by atoms with Crippen LogP contribution in [0.3, 0.4) is 0 Å². The molecule has 9 heteroatoms. The Hall–Kier alpha value is -1.51. The molecule has 0 aromatic heterocycles. The Labute approximate surface area is 130 Å². The number of rotatable bonds is 3. The first-order chi connectivity index (χ1) is 10.1. The molecule has 2 aromatic rings. The molecule has 4 nitrogen and oxygen atoms in total. The zero-order valence-corrected chi connectivity index (χ0v) is 13.4. The molecule has 0 aliphatic heterocycles. The summed E-state index contributed by atoms with van der Waals surface area (Å²) < 4.78 is 75.7. The van der Waals surface area contributed by atoms with Crippen LogP contribution in [-0.4, -0.2) is 16.8 Å². The van der Waals surface area contributed by atoms with Gasteiger partial charge in [-0.1, -0.05) is 23.7 Å². The third-order valence-electron chi connectivity index (χ3n) is 2.88. The van der Waals surface area contributed by atoms with E-state index in [4.69, 9.17) is 11.6 Å². The van der Waals surface area contributed by atoms with E-state index >= 15 is 0 Å². The Kier molecular flexibility index (Phi) is 4.29. The van der Waals surface area contributed by atoms with Gasteiger partial charge in [-0.2, -0.15) is 0 Å². The van der Waals surface area contributed by atoms with Crippen LogP contribution in [-0.2, 0) is 17.7 Å². The molecule has 22 heavy (non-hydrogen) atoms. The minimum Gasteiger partial charge on any atom is -0.207 e. The Morgan fingerprint density at radius 2 is 1.50 bits per heavy atom. The minimum absolute atomic E-state index is 0.270. The van der Waals surface area contributed by atoms with Crippen molar-refractivity contribution in [3.05, 3.63) is 58.6 Å². The van der Waals surface area contributed by atoms with Crippen molar-refractivity contribution in [1.29, 1.82) is 0 Å². The summed E-state index contributed by atoms with van der Waals surface area (Å²) in [5.74, 6) is -2.52. The molecule has 0 bridgehead atoms. The lowest BCUT2D eigenvalue weighted by molar-refractivity contribution is 0.549. The Morgan fingerprint density at radius 3 is 2.09 bits per heavy atom. The monoisotopic (exact) mass is 366 g/mol. The van der Waals surface area contributed by atoms with Gasteiger partial charge in [-0.25, -0.2) is 25.6 Å². The van der Waals surface area contributed by atoms with E-state index in [1.165, 1.54) is 19.1 Å². The second-order valence-electron chi connectivity index (χ2n) is 4.37. The average molecular weight is 367 g/mol. The van der Waals surface area contributed by atoms with E-state index in [1.54, 1.807) is 0 Å². The summed E-state index contributed by atoms with van der Waals surface area (Å²) in [4.78, 5) is -1.79. The smallest absolute Gasteiger partial charge is 0.207 e. The minimum atomic E-state index is -5.13. The van der Waals surface area contributed by atoms with E-state index in [9.17, 15) is 25.6 Å². The third kappa shape index (κ3) is 2.62. The lowest BCUT2D eigenvalue weighted by atomic mass is 10.2. The first kappa shape index (κ1) is 16.9. The summed E-state index contributed by atoms with van der Waals surface area (Å²) >= 11 is 5.84. The SMILES string of the molecule is Cc1cccc(S(=O)(=O)S(=O)(=O)c2ccc(F)cc2F)c1Cl. The molecule has 118 valence electrons. The van der Waals surface area contributed by atoms with Crippen LogP contribution in [0, 0.1) is 18.6 Å². The summed E-state index contributed by atoms with van der Waals surface area (Å²) in [7, 11) is -10.1. The molecule has 0 aliphatic rings. The summed E-state index contributed by atoms with van der Waals surface area (Å²) in [5.41, 5.74) is 0.345. The second kappa shape index (κ2) is 5.60. The zero-order valence-electron chi connectivity index (χ0n) is 11.0. The number of hydrogen-bond acceptors (Lipinski definition) is 4. The number of hydrogen-bond donors (Lipinski definition) is 0. The lowest BCUT2D eigenvalue weighted by Gasteiger charge is -2.10. The van der Waals surface area contributed by atoms with Crippen LogP contribution in [0.1, 0.15) is 5.56 Å². The van der Waals surface area contributed by atoms with Gasteiger partial charge in [-0.05, 0) is 30.7 Å². The zero-order chi connectivity index (χ0) is 16.7. The van der Waals surface area contributed by atoms with Crippen molar-refractivity contribution >= 4 is 29.3 Å². The van der Waals surface area contributed by atoms with Gasteiger partial charge in [0, 0.05) is 6.07 Å². The van der Waals surface area contributed by atoms with E-state index in [0.717, 1.165) is 6.07 Å². The first-order valence-corrected chi connectivity index (χ1v) is 9.65. The van der Waals surface area contributed by atoms with Crippen LogP contribution in [0.4, 0.5) is 8.78 Å². The van der Waals surface area contributed by atoms with Gasteiger partial charge in [0.05, 0.1) is 5.02 Å². The summed E-state index contributed by atoms with van der Waals surface area (Å²) in [6.07, 6.45) is 0. The third-order valence-corrected chi connectivity index (χ3v) is 8.63. The van der Waals surface area contributed by atoms with Gasteiger partial charge in [0.15, 0.2) is 0 Å². The molecule has 0 aliphatic carbocycles. The number of halogens is 3. The standard InChI is InChI=1S/C13H9ClF2O4S2/c1-8-3-2-4-12(13(8)14)22(19,20)21(17,18)11-6-5-9(15)7-10(11)16/h2-7H,1H3. The van der Waals surface area contributed by atoms with Gasteiger partial charge in [0.2, 0.25) is 0 Å². The van der Waals surface area contributed by atoms with Crippen LogP contribution in [0.2, 0.25) is 5.02 Å². The van der Waals surface area contributed by atoms with Crippen molar-refractivity contribution in [2.75, 3.05) is 0 Å². The Bertz CT molecular complexity index is 954. The van der Waals surface area contributed by atoms with Gasteiger partial charge in [0.25, 0.3) is 17.7 Å². The largest absolute Gasteiger partial charge is 0.289 e. The molecule has 2 aromatic carbocycles. The first-order valence-electron chi connectivity index (χ1n) is 5.79.